The average Bonchev–Trinajstić information content (AvgIpc) is 3.47. The number of benzene rings is 4. The summed E-state index contributed by atoms with van der Waals surface area (Å²) < 4.78 is 6.17. The Labute approximate surface area is 207 Å². The van der Waals surface area contributed by atoms with Gasteiger partial charge in [0.2, 0.25) is 5.71 Å². The van der Waals surface area contributed by atoms with Gasteiger partial charge in [-0.15, -0.1) is 0 Å². The minimum Gasteiger partial charge on any atom is -0.436 e. The number of nitrogens with zero attached hydrogens (tertiary/aromatic N) is 3. The lowest BCUT2D eigenvalue weighted by Gasteiger charge is -2.29. The maximum absolute atomic E-state index is 6.17. The first-order valence-corrected chi connectivity index (χ1v) is 12.3. The van der Waals surface area contributed by atoms with E-state index in [2.05, 4.69) is 83.8 Å². The van der Waals surface area contributed by atoms with Gasteiger partial charge in [-0.25, -0.2) is 9.97 Å². The van der Waals surface area contributed by atoms with Crippen LogP contribution in [0.2, 0.25) is 0 Å². The van der Waals surface area contributed by atoms with Crippen LogP contribution in [0.25, 0.3) is 44.4 Å². The number of allylic oxidation sites excluding steroid dienone is 2. The van der Waals surface area contributed by atoms with Crippen molar-refractivity contribution < 1.29 is 4.42 Å². The molecule has 0 saturated carbocycles. The molecule has 8 rings (SSSR count). The Morgan fingerprint density at radius 3 is 2.47 bits per heavy atom. The van der Waals surface area contributed by atoms with Crippen molar-refractivity contribution in [3.63, 3.8) is 0 Å². The van der Waals surface area contributed by atoms with E-state index in [0.717, 1.165) is 38.6 Å². The first-order valence-electron chi connectivity index (χ1n) is 12.3. The molecule has 2 unspecified atom stereocenters. The Hall–Kier alpha value is -4.70. The quantitative estimate of drug-likeness (QED) is 0.261. The van der Waals surface area contributed by atoms with Gasteiger partial charge in [0, 0.05) is 17.3 Å². The van der Waals surface area contributed by atoms with Crippen LogP contribution in [0.15, 0.2) is 120 Å². The van der Waals surface area contributed by atoms with E-state index in [1.807, 2.05) is 36.4 Å². The van der Waals surface area contributed by atoms with Crippen molar-refractivity contribution in [1.29, 1.82) is 0 Å². The van der Waals surface area contributed by atoms with E-state index in [9.17, 15) is 0 Å². The van der Waals surface area contributed by atoms with Crippen molar-refractivity contribution in [2.24, 2.45) is 0 Å². The number of aromatic nitrogens is 2. The average molecular weight is 464 g/mol. The van der Waals surface area contributed by atoms with Gasteiger partial charge in [0.15, 0.2) is 0 Å². The van der Waals surface area contributed by atoms with Crippen molar-refractivity contribution in [1.82, 2.24) is 9.97 Å². The summed E-state index contributed by atoms with van der Waals surface area (Å²) >= 11 is 0. The van der Waals surface area contributed by atoms with Gasteiger partial charge in [-0.05, 0) is 53.1 Å². The lowest BCUT2D eigenvalue weighted by Crippen LogP contribution is -2.28. The van der Waals surface area contributed by atoms with E-state index >= 15 is 0 Å². The molecule has 4 heteroatoms. The van der Waals surface area contributed by atoms with Crippen molar-refractivity contribution in [3.8, 4) is 11.1 Å². The molecule has 0 N–H and O–H groups in total. The minimum absolute atomic E-state index is 0.269. The van der Waals surface area contributed by atoms with Crippen LogP contribution in [0.4, 0.5) is 11.4 Å². The topological polar surface area (TPSA) is 42.2 Å². The molecule has 2 aromatic heterocycles. The van der Waals surface area contributed by atoms with E-state index in [1.54, 1.807) is 0 Å². The fourth-order valence-electron chi connectivity index (χ4n) is 5.84. The Morgan fingerprint density at radius 2 is 1.53 bits per heavy atom. The second-order valence-corrected chi connectivity index (χ2v) is 9.41. The summed E-state index contributed by atoms with van der Waals surface area (Å²) in [5.74, 6) is 0.361. The van der Waals surface area contributed by atoms with Crippen molar-refractivity contribution in [2.45, 2.75) is 12.0 Å². The van der Waals surface area contributed by atoms with Crippen LogP contribution in [-0.2, 0) is 0 Å². The fourth-order valence-corrected chi connectivity index (χ4v) is 5.84. The highest BCUT2D eigenvalue weighted by atomic mass is 16.3. The van der Waals surface area contributed by atoms with E-state index in [-0.39, 0.29) is 6.04 Å². The molecule has 0 fully saturated rings. The van der Waals surface area contributed by atoms with Crippen LogP contribution in [0.5, 0.6) is 0 Å². The molecular formula is C32H21N3O. The van der Waals surface area contributed by atoms with Gasteiger partial charge in [0.1, 0.15) is 11.1 Å². The third kappa shape index (κ3) is 2.75. The molecule has 0 amide bonds. The summed E-state index contributed by atoms with van der Waals surface area (Å²) in [6, 6.07) is 31.9. The van der Waals surface area contributed by atoms with Gasteiger partial charge in [-0.2, -0.15) is 0 Å². The Morgan fingerprint density at radius 1 is 0.722 bits per heavy atom. The number of para-hydroxylation sites is 3. The molecule has 0 spiro atoms. The summed E-state index contributed by atoms with van der Waals surface area (Å²) in [6.45, 7) is 0. The molecule has 0 bridgehead atoms. The highest BCUT2D eigenvalue weighted by Crippen LogP contribution is 2.48. The monoisotopic (exact) mass is 463 g/mol. The highest BCUT2D eigenvalue weighted by Gasteiger charge is 2.37. The summed E-state index contributed by atoms with van der Waals surface area (Å²) in [4.78, 5) is 12.2. The molecule has 4 aromatic carbocycles. The molecule has 0 saturated heterocycles. The SMILES string of the molecule is C1=CC2c3ccccc3N(c3cccc(-c4cccc5oc6nc7ccccc7nc6c45)c3)C2C=C1. The number of fused-ring (bicyclic) bond motifs is 7. The smallest absolute Gasteiger partial charge is 0.246 e. The first kappa shape index (κ1) is 19.6. The summed E-state index contributed by atoms with van der Waals surface area (Å²) in [7, 11) is 0. The summed E-state index contributed by atoms with van der Waals surface area (Å²) in [6.07, 6.45) is 8.94. The molecule has 2 atom stereocenters. The van der Waals surface area contributed by atoms with E-state index in [0.29, 0.717) is 11.6 Å². The van der Waals surface area contributed by atoms with Crippen molar-refractivity contribution >= 4 is 44.6 Å². The highest BCUT2D eigenvalue weighted by molar-refractivity contribution is 6.11. The molecule has 1 aliphatic carbocycles. The van der Waals surface area contributed by atoms with Crippen LogP contribution >= 0.6 is 0 Å². The lowest BCUT2D eigenvalue weighted by atomic mass is 9.91. The number of hydrogen-bond donors (Lipinski definition) is 0. The number of furan rings is 1. The Balaban J connectivity index is 1.33. The van der Waals surface area contributed by atoms with Crippen LogP contribution in [0, 0.1) is 0 Å². The van der Waals surface area contributed by atoms with Crippen LogP contribution < -0.4 is 4.90 Å². The Kier molecular flexibility index (Phi) is 4.03. The predicted molar refractivity (Wildman–Crippen MR) is 146 cm³/mol. The second kappa shape index (κ2) is 7.40. The van der Waals surface area contributed by atoms with Crippen LogP contribution in [-0.4, -0.2) is 16.0 Å². The zero-order chi connectivity index (χ0) is 23.6. The maximum Gasteiger partial charge on any atom is 0.246 e. The standard InChI is InChI=1S/C32H21N3O/c1-5-16-27-23(11-1)24-12-2-6-17-28(24)35(27)21-10-7-9-20(19-21)22-13-8-18-29-30(22)31-32(36-29)34-26-15-4-3-14-25(26)33-31/h1-19,23,27H. The van der Waals surface area contributed by atoms with Gasteiger partial charge in [-0.3, -0.25) is 0 Å². The van der Waals surface area contributed by atoms with E-state index < -0.39 is 0 Å². The van der Waals surface area contributed by atoms with Crippen molar-refractivity contribution in [2.75, 3.05) is 4.90 Å². The van der Waals surface area contributed by atoms with Gasteiger partial charge in [0.05, 0.1) is 22.5 Å². The molecule has 0 radical (unpaired) electrons. The lowest BCUT2D eigenvalue weighted by molar-refractivity contribution is 0.655. The molecular weight excluding hydrogens is 442 g/mol. The van der Waals surface area contributed by atoms with E-state index in [1.165, 1.54) is 16.9 Å². The number of anilines is 2. The zero-order valence-electron chi connectivity index (χ0n) is 19.4. The molecule has 4 nitrogen and oxygen atoms in total. The van der Waals surface area contributed by atoms with Gasteiger partial charge in [0.25, 0.3) is 0 Å². The molecule has 170 valence electrons. The van der Waals surface area contributed by atoms with Crippen LogP contribution in [0.1, 0.15) is 11.5 Å². The maximum atomic E-state index is 6.17. The summed E-state index contributed by atoms with van der Waals surface area (Å²) in [5.41, 5.74) is 9.93. The number of rotatable bonds is 2. The molecule has 36 heavy (non-hydrogen) atoms. The normalized spacial score (nSPS) is 18.3. The first-order chi connectivity index (χ1) is 17.8. The molecule has 2 aliphatic rings. The summed E-state index contributed by atoms with van der Waals surface area (Å²) in [5, 5.41) is 1.00. The van der Waals surface area contributed by atoms with E-state index in [4.69, 9.17) is 14.4 Å². The largest absolute Gasteiger partial charge is 0.436 e. The number of hydrogen-bond acceptors (Lipinski definition) is 4. The second-order valence-electron chi connectivity index (χ2n) is 9.41. The zero-order valence-corrected chi connectivity index (χ0v) is 19.4. The molecule has 6 aromatic rings. The third-order valence-corrected chi connectivity index (χ3v) is 7.40. The fraction of sp³-hybridized carbons (Fsp3) is 0.0625. The minimum atomic E-state index is 0.269. The predicted octanol–water partition coefficient (Wildman–Crippen LogP) is 7.93. The van der Waals surface area contributed by atoms with Crippen molar-refractivity contribution in [3.05, 3.63) is 121 Å². The third-order valence-electron chi connectivity index (χ3n) is 7.40. The van der Waals surface area contributed by atoms with Gasteiger partial charge < -0.3 is 9.32 Å². The van der Waals surface area contributed by atoms with Gasteiger partial charge in [-0.1, -0.05) is 78.9 Å². The molecule has 3 heterocycles. The Bertz CT molecular complexity index is 1880. The van der Waals surface area contributed by atoms with Crippen LogP contribution in [0.3, 0.4) is 0 Å². The molecule has 1 aliphatic heterocycles. The van der Waals surface area contributed by atoms with Gasteiger partial charge >= 0.3 is 0 Å².